The minimum atomic E-state index is -0.310. The lowest BCUT2D eigenvalue weighted by molar-refractivity contribution is -0.111. The van der Waals surface area contributed by atoms with Crippen molar-refractivity contribution in [2.45, 2.75) is 19.4 Å². The molecule has 1 aliphatic rings. The fourth-order valence-corrected chi connectivity index (χ4v) is 5.84. The molecule has 0 unspecified atom stereocenters. The first-order valence-corrected chi connectivity index (χ1v) is 14.9. The van der Waals surface area contributed by atoms with Crippen LogP contribution in [-0.2, 0) is 17.8 Å². The molecule has 0 aliphatic carbocycles. The molecule has 0 atom stereocenters. The van der Waals surface area contributed by atoms with Crippen molar-refractivity contribution in [2.24, 2.45) is 0 Å². The van der Waals surface area contributed by atoms with Crippen molar-refractivity contribution in [2.75, 3.05) is 56.9 Å². The molecule has 2 N–H and O–H groups in total. The number of aryl methyl sites for hydroxylation is 2. The number of ether oxygens (including phenoxy) is 1. The van der Waals surface area contributed by atoms with E-state index in [1.807, 2.05) is 45.4 Å². The molecule has 0 saturated heterocycles. The number of nitrogens with one attached hydrogen (secondary N) is 2. The summed E-state index contributed by atoms with van der Waals surface area (Å²) in [6.07, 6.45) is 8.59. The van der Waals surface area contributed by atoms with Gasteiger partial charge in [0.05, 0.1) is 41.1 Å². The molecule has 0 radical (unpaired) electrons. The van der Waals surface area contributed by atoms with Crippen LogP contribution in [0.25, 0.3) is 33.7 Å². The second kappa shape index (κ2) is 12.7. The molecule has 1 aliphatic heterocycles. The summed E-state index contributed by atoms with van der Waals surface area (Å²) in [4.78, 5) is 35.4. The van der Waals surface area contributed by atoms with Crippen molar-refractivity contribution < 1.29 is 9.53 Å². The molecule has 230 valence electrons. The fraction of sp³-hybridized carbons (Fsp3) is 0.265. The molecule has 4 heterocycles. The number of para-hydroxylation sites is 1. The van der Waals surface area contributed by atoms with Gasteiger partial charge in [-0.15, -0.1) is 0 Å². The zero-order valence-electron chi connectivity index (χ0n) is 26.0. The first-order chi connectivity index (χ1) is 21.9. The molecular weight excluding hydrogens is 566 g/mol. The highest BCUT2D eigenvalue weighted by Gasteiger charge is 2.26. The van der Waals surface area contributed by atoms with Crippen molar-refractivity contribution >= 4 is 39.8 Å². The molecule has 3 aromatic heterocycles. The van der Waals surface area contributed by atoms with E-state index in [1.165, 1.54) is 17.2 Å². The summed E-state index contributed by atoms with van der Waals surface area (Å²) < 4.78 is 8.13. The molecule has 2 aromatic carbocycles. The van der Waals surface area contributed by atoms with Crippen molar-refractivity contribution in [3.8, 4) is 28.5 Å². The number of benzene rings is 2. The number of carbonyl (C=O) groups is 1. The maximum Gasteiger partial charge on any atom is 0.247 e. The Morgan fingerprint density at radius 1 is 1.04 bits per heavy atom. The van der Waals surface area contributed by atoms with Gasteiger partial charge >= 0.3 is 0 Å². The summed E-state index contributed by atoms with van der Waals surface area (Å²) in [5.74, 6) is 1.31. The topological polar surface area (TPSA) is 113 Å². The maximum atomic E-state index is 12.4. The Morgan fingerprint density at radius 2 is 1.87 bits per heavy atom. The number of nitrogens with zero attached hydrogens (tertiary/aromatic N) is 7. The molecule has 11 nitrogen and oxygen atoms in total. The zero-order chi connectivity index (χ0) is 31.5. The smallest absolute Gasteiger partial charge is 0.247 e. The van der Waals surface area contributed by atoms with E-state index < -0.39 is 0 Å². The summed E-state index contributed by atoms with van der Waals surface area (Å²) in [5.41, 5.74) is 7.19. The molecule has 0 fully saturated rings. The van der Waals surface area contributed by atoms with E-state index in [2.05, 4.69) is 64.7 Å². The predicted molar refractivity (Wildman–Crippen MR) is 179 cm³/mol. The van der Waals surface area contributed by atoms with Gasteiger partial charge in [0.25, 0.3) is 0 Å². The van der Waals surface area contributed by atoms with Gasteiger partial charge in [-0.25, -0.2) is 19.9 Å². The molecule has 0 spiro atoms. The predicted octanol–water partition coefficient (Wildman–Crippen LogP) is 5.38. The van der Waals surface area contributed by atoms with E-state index in [-0.39, 0.29) is 5.91 Å². The second-order valence-corrected chi connectivity index (χ2v) is 11.2. The Hall–Kier alpha value is -5.29. The van der Waals surface area contributed by atoms with Crippen LogP contribution in [0, 0.1) is 0 Å². The van der Waals surface area contributed by atoms with Gasteiger partial charge in [0.15, 0.2) is 5.82 Å². The highest BCUT2D eigenvalue weighted by molar-refractivity contribution is 6.05. The van der Waals surface area contributed by atoms with Crippen LogP contribution in [0.5, 0.6) is 5.75 Å². The lowest BCUT2D eigenvalue weighted by Crippen LogP contribution is -2.29. The minimum absolute atomic E-state index is 0.310. The van der Waals surface area contributed by atoms with E-state index in [9.17, 15) is 4.79 Å². The van der Waals surface area contributed by atoms with E-state index in [0.717, 1.165) is 60.5 Å². The Balaban J connectivity index is 1.44. The highest BCUT2D eigenvalue weighted by atomic mass is 16.5. The molecule has 45 heavy (non-hydrogen) atoms. The standard InChI is InChI=1S/C34H37N9O2/c1-6-29(44)38-25-20-26(28(45-5)21-27(25)42(4)19-18-41(2)3)40-34-37-16-13-24(39-34)30-23-12-7-10-22-11-8-17-43(31(22)23)32(30)33-35-14-9-15-36-33/h6-7,9-10,12-16,20-21H,1,8,11,17-19H2,2-5H3,(H,38,44)(H,37,39,40). The summed E-state index contributed by atoms with van der Waals surface area (Å²) in [6.45, 7) is 6.08. The van der Waals surface area contributed by atoms with Crippen LogP contribution < -0.4 is 20.3 Å². The van der Waals surface area contributed by atoms with Gasteiger partial charge < -0.3 is 29.7 Å². The Morgan fingerprint density at radius 3 is 2.62 bits per heavy atom. The van der Waals surface area contributed by atoms with E-state index in [4.69, 9.17) is 9.72 Å². The van der Waals surface area contributed by atoms with Gasteiger partial charge in [0, 0.05) is 62.3 Å². The summed E-state index contributed by atoms with van der Waals surface area (Å²) in [6, 6.07) is 13.9. The zero-order valence-corrected chi connectivity index (χ0v) is 26.0. The summed E-state index contributed by atoms with van der Waals surface area (Å²) in [5, 5.41) is 7.40. The van der Waals surface area contributed by atoms with Crippen LogP contribution in [-0.4, -0.2) is 76.7 Å². The second-order valence-electron chi connectivity index (χ2n) is 11.2. The lowest BCUT2D eigenvalue weighted by atomic mass is 10.0. The Kier molecular flexibility index (Phi) is 8.43. The number of rotatable bonds is 11. The number of hydrogen-bond donors (Lipinski definition) is 2. The van der Waals surface area contributed by atoms with Crippen molar-refractivity contribution in [1.82, 2.24) is 29.4 Å². The number of carbonyl (C=O) groups excluding carboxylic acids is 1. The molecule has 5 aromatic rings. The van der Waals surface area contributed by atoms with E-state index >= 15 is 0 Å². The van der Waals surface area contributed by atoms with E-state index in [0.29, 0.717) is 28.9 Å². The van der Waals surface area contributed by atoms with Gasteiger partial charge in [0.2, 0.25) is 11.9 Å². The molecule has 1 amide bonds. The van der Waals surface area contributed by atoms with Crippen LogP contribution in [0.4, 0.5) is 23.0 Å². The number of amides is 1. The maximum absolute atomic E-state index is 12.4. The highest BCUT2D eigenvalue weighted by Crippen LogP contribution is 2.43. The molecule has 0 bridgehead atoms. The van der Waals surface area contributed by atoms with Crippen LogP contribution in [0.3, 0.4) is 0 Å². The normalized spacial score (nSPS) is 12.3. The summed E-state index contributed by atoms with van der Waals surface area (Å²) >= 11 is 0. The van der Waals surface area contributed by atoms with Crippen molar-refractivity contribution in [1.29, 1.82) is 0 Å². The Bertz CT molecular complexity index is 1870. The molecule has 6 rings (SSSR count). The third kappa shape index (κ3) is 5.94. The molecular formula is C34H37N9O2. The van der Waals surface area contributed by atoms with Gasteiger partial charge in [-0.3, -0.25) is 4.79 Å². The van der Waals surface area contributed by atoms with Crippen LogP contribution in [0.15, 0.2) is 73.7 Å². The van der Waals surface area contributed by atoms with Gasteiger partial charge in [0.1, 0.15) is 5.75 Å². The molecule has 11 heteroatoms. The average Bonchev–Trinajstić information content (AvgIpc) is 3.40. The third-order valence-electron chi connectivity index (χ3n) is 7.98. The Labute approximate surface area is 262 Å². The first kappa shape index (κ1) is 29.8. The number of anilines is 4. The first-order valence-electron chi connectivity index (χ1n) is 14.9. The quantitative estimate of drug-likeness (QED) is 0.192. The van der Waals surface area contributed by atoms with E-state index in [1.54, 1.807) is 25.7 Å². The van der Waals surface area contributed by atoms with Crippen LogP contribution in [0.2, 0.25) is 0 Å². The largest absolute Gasteiger partial charge is 0.494 e. The monoisotopic (exact) mass is 603 g/mol. The number of hydrogen-bond acceptors (Lipinski definition) is 9. The van der Waals surface area contributed by atoms with Crippen molar-refractivity contribution in [3.05, 3.63) is 79.3 Å². The fourth-order valence-electron chi connectivity index (χ4n) is 5.84. The van der Waals surface area contributed by atoms with Gasteiger partial charge in [-0.05, 0) is 56.8 Å². The van der Waals surface area contributed by atoms with Gasteiger partial charge in [-0.1, -0.05) is 24.8 Å². The van der Waals surface area contributed by atoms with Crippen molar-refractivity contribution in [3.63, 3.8) is 0 Å². The SMILES string of the molecule is C=CC(=O)Nc1cc(Nc2nccc(-c3c(-c4ncccn4)n4c5c(cccc35)CCC4)n2)c(OC)cc1N(C)CCN(C)C. The van der Waals surface area contributed by atoms with Crippen LogP contribution >= 0.6 is 0 Å². The minimum Gasteiger partial charge on any atom is -0.494 e. The third-order valence-corrected chi connectivity index (χ3v) is 7.98. The number of likely N-dealkylation sites (N-methyl/N-ethyl adjacent to an activating group) is 2. The van der Waals surface area contributed by atoms with Crippen LogP contribution in [0.1, 0.15) is 12.0 Å². The number of aromatic nitrogens is 5. The average molecular weight is 604 g/mol. The number of methoxy groups -OCH3 is 1. The summed E-state index contributed by atoms with van der Waals surface area (Å²) in [7, 11) is 7.64. The lowest BCUT2D eigenvalue weighted by Gasteiger charge is -2.26. The molecule has 0 saturated carbocycles. The van der Waals surface area contributed by atoms with Gasteiger partial charge in [-0.2, -0.15) is 0 Å².